The summed E-state index contributed by atoms with van der Waals surface area (Å²) in [6, 6.07) is 2.56. The molecule has 0 fully saturated rings. The average Bonchev–Trinajstić information content (AvgIpc) is 2.31. The van der Waals surface area contributed by atoms with E-state index in [1.54, 1.807) is 27.7 Å². The number of hydrogen-bond acceptors (Lipinski definition) is 3. The maximum absolute atomic E-state index is 14.0. The van der Waals surface area contributed by atoms with E-state index in [1.165, 1.54) is 12.1 Å². The quantitative estimate of drug-likeness (QED) is 0.819. The van der Waals surface area contributed by atoms with Crippen LogP contribution in [0.4, 0.5) is 4.39 Å². The normalized spacial score (nSPS) is 16.8. The van der Waals surface area contributed by atoms with Crippen molar-refractivity contribution in [3.05, 3.63) is 28.8 Å². The van der Waals surface area contributed by atoms with Crippen molar-refractivity contribution >= 4 is 22.6 Å². The highest BCUT2D eigenvalue weighted by Gasteiger charge is 2.35. The monoisotopic (exact) mass is 322 g/mol. The Morgan fingerprint density at radius 3 is 2.50 bits per heavy atom. The molecule has 1 aromatic rings. The second-order valence-corrected chi connectivity index (χ2v) is 8.11. The Labute approximate surface area is 126 Å². The standard InChI is InChI=1S/C13H20ClFN2O2S/c1-12(2,3)20(19)17-13(4,7-8-18)11-9(15)5-6-10(14)16-11/h5-6,17-18H,7-8H2,1-4H3/t13-,20?/m0/s1. The lowest BCUT2D eigenvalue weighted by Crippen LogP contribution is -2.47. The van der Waals surface area contributed by atoms with Gasteiger partial charge in [-0.1, -0.05) is 11.6 Å². The molecule has 0 aromatic carbocycles. The summed E-state index contributed by atoms with van der Waals surface area (Å²) in [5.41, 5.74) is -1.02. The number of nitrogens with zero attached hydrogens (tertiary/aromatic N) is 1. The highest BCUT2D eigenvalue weighted by atomic mass is 35.5. The molecule has 7 heteroatoms. The summed E-state index contributed by atoms with van der Waals surface area (Å²) in [5.74, 6) is -0.552. The van der Waals surface area contributed by atoms with E-state index in [0.717, 1.165) is 0 Å². The van der Waals surface area contributed by atoms with E-state index < -0.39 is 27.1 Å². The van der Waals surface area contributed by atoms with Gasteiger partial charge in [0, 0.05) is 6.61 Å². The van der Waals surface area contributed by atoms with Crippen LogP contribution in [0, 0.1) is 5.82 Å². The van der Waals surface area contributed by atoms with Crippen LogP contribution < -0.4 is 4.72 Å². The lowest BCUT2D eigenvalue weighted by Gasteiger charge is -2.32. The first-order valence-electron chi connectivity index (χ1n) is 6.23. The maximum Gasteiger partial charge on any atom is 0.146 e. The van der Waals surface area contributed by atoms with Crippen molar-refractivity contribution in [3.63, 3.8) is 0 Å². The van der Waals surface area contributed by atoms with E-state index in [4.69, 9.17) is 11.6 Å². The molecule has 1 rings (SSSR count). The minimum absolute atomic E-state index is 0.0525. The summed E-state index contributed by atoms with van der Waals surface area (Å²) < 4.78 is 28.6. The van der Waals surface area contributed by atoms with Gasteiger partial charge in [0.2, 0.25) is 0 Å². The minimum atomic E-state index is -1.43. The number of aliphatic hydroxyl groups is 1. The van der Waals surface area contributed by atoms with Crippen molar-refractivity contribution in [3.8, 4) is 0 Å². The van der Waals surface area contributed by atoms with Crippen molar-refractivity contribution in [1.82, 2.24) is 9.71 Å². The number of aromatic nitrogens is 1. The molecular formula is C13H20ClFN2O2S. The highest BCUT2D eigenvalue weighted by molar-refractivity contribution is 7.84. The molecule has 0 saturated carbocycles. The van der Waals surface area contributed by atoms with Gasteiger partial charge in [0.1, 0.15) is 11.0 Å². The number of halogens is 2. The average molecular weight is 323 g/mol. The summed E-state index contributed by atoms with van der Waals surface area (Å²) in [5, 5.41) is 9.36. The zero-order chi connectivity index (χ0) is 15.6. The van der Waals surface area contributed by atoms with Gasteiger partial charge in [-0.2, -0.15) is 0 Å². The van der Waals surface area contributed by atoms with Crippen molar-refractivity contribution < 1.29 is 13.7 Å². The van der Waals surface area contributed by atoms with Crippen LogP contribution >= 0.6 is 11.6 Å². The first-order valence-corrected chi connectivity index (χ1v) is 7.76. The summed E-state index contributed by atoms with van der Waals surface area (Å²) in [6.07, 6.45) is 0.166. The Kier molecular flexibility index (Phi) is 5.66. The van der Waals surface area contributed by atoms with Crippen LogP contribution in [-0.2, 0) is 16.5 Å². The Balaban J connectivity index is 3.21. The predicted molar refractivity (Wildman–Crippen MR) is 79.3 cm³/mol. The first kappa shape index (κ1) is 17.5. The molecule has 0 aliphatic rings. The van der Waals surface area contributed by atoms with Crippen LogP contribution in [0.1, 0.15) is 39.8 Å². The Hall–Kier alpha value is -0.560. The second-order valence-electron chi connectivity index (χ2n) is 5.75. The third-order valence-electron chi connectivity index (χ3n) is 2.82. The van der Waals surface area contributed by atoms with Gasteiger partial charge < -0.3 is 5.11 Å². The summed E-state index contributed by atoms with van der Waals surface area (Å²) >= 11 is 5.81. The number of pyridine rings is 1. The zero-order valence-electron chi connectivity index (χ0n) is 12.0. The van der Waals surface area contributed by atoms with Crippen molar-refractivity contribution in [2.75, 3.05) is 6.61 Å². The predicted octanol–water partition coefficient (Wildman–Crippen LogP) is 2.52. The molecule has 2 atom stereocenters. The molecule has 0 spiro atoms. The Morgan fingerprint density at radius 1 is 1.40 bits per heavy atom. The van der Waals surface area contributed by atoms with Crippen molar-refractivity contribution in [2.45, 2.75) is 44.4 Å². The lowest BCUT2D eigenvalue weighted by molar-refractivity contribution is 0.232. The van der Waals surface area contributed by atoms with Crippen molar-refractivity contribution in [1.29, 1.82) is 0 Å². The third-order valence-corrected chi connectivity index (χ3v) is 4.78. The molecule has 0 amide bonds. The largest absolute Gasteiger partial charge is 0.396 e. The smallest absolute Gasteiger partial charge is 0.146 e. The van der Waals surface area contributed by atoms with Gasteiger partial charge in [0.15, 0.2) is 0 Å². The fourth-order valence-corrected chi connectivity index (χ4v) is 2.67. The van der Waals surface area contributed by atoms with Crippen LogP contribution in [-0.4, -0.2) is 25.7 Å². The topological polar surface area (TPSA) is 62.2 Å². The third kappa shape index (κ3) is 4.22. The molecule has 4 nitrogen and oxygen atoms in total. The molecule has 0 saturated heterocycles. The van der Waals surface area contributed by atoms with Crippen LogP contribution in [0.2, 0.25) is 5.15 Å². The molecule has 114 valence electrons. The SMILES string of the molecule is CC(C)(C)S(=O)N[C@@](C)(CCO)c1nc(Cl)ccc1F. The molecule has 0 bridgehead atoms. The van der Waals surface area contributed by atoms with E-state index in [-0.39, 0.29) is 23.9 Å². The number of nitrogens with one attached hydrogen (secondary N) is 1. The summed E-state index contributed by atoms with van der Waals surface area (Å²) in [6.45, 7) is 6.86. The van der Waals surface area contributed by atoms with E-state index in [2.05, 4.69) is 9.71 Å². The van der Waals surface area contributed by atoms with Crippen LogP contribution in [0.3, 0.4) is 0 Å². The fourth-order valence-electron chi connectivity index (χ4n) is 1.60. The Bertz CT molecular complexity index is 508. The second kappa shape index (κ2) is 6.47. The van der Waals surface area contributed by atoms with Gasteiger partial charge in [-0.3, -0.25) is 0 Å². The van der Waals surface area contributed by atoms with E-state index in [0.29, 0.717) is 0 Å². The number of rotatable bonds is 5. The molecule has 2 N–H and O–H groups in total. The molecule has 20 heavy (non-hydrogen) atoms. The van der Waals surface area contributed by atoms with E-state index in [1.807, 2.05) is 0 Å². The number of aliphatic hydroxyl groups excluding tert-OH is 1. The maximum atomic E-state index is 14.0. The van der Waals surface area contributed by atoms with Crippen LogP contribution in [0.5, 0.6) is 0 Å². The van der Waals surface area contributed by atoms with Crippen LogP contribution in [0.15, 0.2) is 12.1 Å². The van der Waals surface area contributed by atoms with E-state index >= 15 is 0 Å². The van der Waals surface area contributed by atoms with Gasteiger partial charge in [-0.05, 0) is 46.2 Å². The van der Waals surface area contributed by atoms with Crippen molar-refractivity contribution in [2.24, 2.45) is 0 Å². The molecule has 1 unspecified atom stereocenters. The molecular weight excluding hydrogens is 303 g/mol. The molecule has 0 aliphatic carbocycles. The lowest BCUT2D eigenvalue weighted by atomic mass is 9.94. The minimum Gasteiger partial charge on any atom is -0.396 e. The first-order chi connectivity index (χ1) is 9.10. The van der Waals surface area contributed by atoms with E-state index in [9.17, 15) is 13.7 Å². The molecule has 1 aromatic heterocycles. The Morgan fingerprint density at radius 2 is 2.00 bits per heavy atom. The van der Waals surface area contributed by atoms with Gasteiger partial charge in [-0.25, -0.2) is 18.3 Å². The summed E-state index contributed by atoms with van der Waals surface area (Å²) in [7, 11) is -1.43. The number of hydrogen-bond donors (Lipinski definition) is 2. The molecule has 1 heterocycles. The van der Waals surface area contributed by atoms with Crippen LogP contribution in [0.25, 0.3) is 0 Å². The highest BCUT2D eigenvalue weighted by Crippen LogP contribution is 2.28. The van der Waals surface area contributed by atoms with Gasteiger partial charge in [-0.15, -0.1) is 0 Å². The molecule has 0 aliphatic heterocycles. The molecule has 0 radical (unpaired) electrons. The fraction of sp³-hybridized carbons (Fsp3) is 0.615. The van der Waals surface area contributed by atoms with Gasteiger partial charge >= 0.3 is 0 Å². The summed E-state index contributed by atoms with van der Waals surface area (Å²) in [4.78, 5) is 3.98. The van der Waals surface area contributed by atoms with Gasteiger partial charge in [0.05, 0.1) is 27.0 Å². The zero-order valence-corrected chi connectivity index (χ0v) is 13.6. The van der Waals surface area contributed by atoms with Gasteiger partial charge in [0.25, 0.3) is 0 Å².